The van der Waals surface area contributed by atoms with Gasteiger partial charge in [0.15, 0.2) is 0 Å². The molecule has 4 heterocycles. The molecule has 4 aliphatic rings. The molecule has 7 heteroatoms. The number of anilines is 2. The van der Waals surface area contributed by atoms with Crippen LogP contribution in [-0.2, 0) is 17.1 Å². The summed E-state index contributed by atoms with van der Waals surface area (Å²) in [6, 6.07) is 51.5. The van der Waals surface area contributed by atoms with Crippen LogP contribution in [0.3, 0.4) is 0 Å². The molecule has 0 fully saturated rings. The Bertz CT molecular complexity index is 2730. The number of nitrogens with zero attached hydrogens (tertiary/aromatic N) is 6. The average Bonchev–Trinajstić information content (AvgIpc) is 3.88. The van der Waals surface area contributed by atoms with Crippen LogP contribution in [0.25, 0.3) is 33.4 Å². The van der Waals surface area contributed by atoms with Crippen molar-refractivity contribution < 1.29 is 17.1 Å². The van der Waals surface area contributed by atoms with Gasteiger partial charge in [0.25, 0.3) is 0 Å². The van der Waals surface area contributed by atoms with Crippen molar-refractivity contribution in [3.63, 3.8) is 0 Å². The van der Waals surface area contributed by atoms with E-state index in [0.29, 0.717) is 0 Å². The van der Waals surface area contributed by atoms with Crippen LogP contribution >= 0.6 is 0 Å². The summed E-state index contributed by atoms with van der Waals surface area (Å²) in [5.41, 5.74) is 21.0. The van der Waals surface area contributed by atoms with Crippen LogP contribution in [-0.4, -0.2) is 9.80 Å². The molecular weight excluding hydrogens is 861 g/mol. The molecule has 6 aromatic carbocycles. The third-order valence-electron chi connectivity index (χ3n) is 11.8. The van der Waals surface area contributed by atoms with E-state index in [0.717, 1.165) is 45.3 Å². The Morgan fingerprint density at radius 1 is 0.388 bits per heavy atom. The average molecular weight is 915 g/mol. The molecule has 0 saturated heterocycles. The molecule has 0 atom stereocenters. The van der Waals surface area contributed by atoms with E-state index < -0.39 is 0 Å². The van der Waals surface area contributed by atoms with Crippen molar-refractivity contribution >= 4 is 34.2 Å². The second kappa shape index (κ2) is 20.8. The van der Waals surface area contributed by atoms with Gasteiger partial charge in [0.1, 0.15) is 0 Å². The number of rotatable bonds is 8. The molecule has 0 bridgehead atoms. The molecule has 0 aliphatic carbocycles. The van der Waals surface area contributed by atoms with E-state index in [1.807, 2.05) is 48.9 Å². The Morgan fingerprint density at radius 3 is 0.970 bits per heavy atom. The van der Waals surface area contributed by atoms with Crippen molar-refractivity contribution in [3.8, 4) is 0 Å². The summed E-state index contributed by atoms with van der Waals surface area (Å²) in [6.07, 6.45) is 19.9. The topological polar surface area (TPSA) is 41.2 Å². The van der Waals surface area contributed by atoms with Gasteiger partial charge in [0, 0.05) is 34.2 Å². The Balaban J connectivity index is 0.000000179. The first-order valence-electron chi connectivity index (χ1n) is 22.5. The van der Waals surface area contributed by atoms with E-state index in [4.69, 9.17) is 0 Å². The van der Waals surface area contributed by atoms with Crippen molar-refractivity contribution in [2.45, 2.75) is 41.5 Å². The van der Waals surface area contributed by atoms with Gasteiger partial charge >= 0.3 is 17.1 Å². The third-order valence-corrected chi connectivity index (χ3v) is 11.8. The monoisotopic (exact) mass is 914 g/mol. The quantitative estimate of drug-likeness (QED) is 0.113. The minimum absolute atomic E-state index is 0. The van der Waals surface area contributed by atoms with Crippen LogP contribution in [0, 0.1) is 54.9 Å². The SMILES string of the molecule is Cc1cc(C)c(N2[CH-]N(/C=C3/C=CC=C[N-]3)C(c3ccccc3)=C2c2ccccc2)c(C)c1.Cc1cc(C)c(N2[CH-]N(/C=C3/C=CC=C[N-]3)C(c3ccccc3)=C2c2ccccc2)c(C)c1.[Fe+4]. The van der Waals surface area contributed by atoms with Crippen LogP contribution in [0.5, 0.6) is 0 Å². The van der Waals surface area contributed by atoms with Gasteiger partial charge in [-0.25, -0.2) is 0 Å². The summed E-state index contributed by atoms with van der Waals surface area (Å²) in [4.78, 5) is 9.08. The molecule has 0 unspecified atom stereocenters. The maximum Gasteiger partial charge on any atom is 4.00 e. The summed E-state index contributed by atoms with van der Waals surface area (Å²) < 4.78 is 0. The zero-order valence-electron chi connectivity index (χ0n) is 38.8. The molecule has 0 amide bonds. The first kappa shape index (κ1) is 46.1. The first-order chi connectivity index (χ1) is 32.2. The molecule has 0 saturated carbocycles. The molecule has 0 spiro atoms. The van der Waals surface area contributed by atoms with Crippen LogP contribution < -0.4 is 9.80 Å². The van der Waals surface area contributed by atoms with Gasteiger partial charge in [-0.15, -0.1) is 24.7 Å². The van der Waals surface area contributed by atoms with E-state index >= 15 is 0 Å². The van der Waals surface area contributed by atoms with Gasteiger partial charge in [-0.1, -0.05) is 193 Å². The van der Waals surface area contributed by atoms with Crippen molar-refractivity contribution in [2.75, 3.05) is 9.80 Å². The molecule has 0 radical (unpaired) electrons. The zero-order valence-corrected chi connectivity index (χ0v) is 39.9. The minimum Gasteiger partial charge on any atom is -0.663 e. The van der Waals surface area contributed by atoms with Gasteiger partial charge in [-0.05, 0) is 98.4 Å². The van der Waals surface area contributed by atoms with Crippen molar-refractivity contribution in [1.82, 2.24) is 9.80 Å². The van der Waals surface area contributed by atoms with E-state index in [-0.39, 0.29) is 17.1 Å². The van der Waals surface area contributed by atoms with E-state index in [1.165, 1.54) is 55.9 Å². The molecular formula is C60H54FeN6. The minimum atomic E-state index is 0. The van der Waals surface area contributed by atoms with Crippen molar-refractivity contribution in [2.24, 2.45) is 0 Å². The van der Waals surface area contributed by atoms with E-state index in [2.05, 4.69) is 243 Å². The number of benzene rings is 6. The normalized spacial score (nSPS) is 16.4. The summed E-state index contributed by atoms with van der Waals surface area (Å²) in [5, 5.41) is 9.11. The summed E-state index contributed by atoms with van der Waals surface area (Å²) >= 11 is 0. The van der Waals surface area contributed by atoms with Gasteiger partial charge in [0.05, 0.1) is 0 Å². The van der Waals surface area contributed by atoms with Crippen LogP contribution in [0.4, 0.5) is 11.4 Å². The van der Waals surface area contributed by atoms with Gasteiger partial charge in [-0.3, -0.25) is 0 Å². The molecule has 4 aliphatic heterocycles. The smallest absolute Gasteiger partial charge is 0.663 e. The summed E-state index contributed by atoms with van der Waals surface area (Å²) in [5.74, 6) is 0. The maximum atomic E-state index is 4.55. The van der Waals surface area contributed by atoms with Crippen LogP contribution in [0.15, 0.2) is 218 Å². The molecule has 6 nitrogen and oxygen atoms in total. The molecule has 0 aromatic heterocycles. The fourth-order valence-corrected chi connectivity index (χ4v) is 9.29. The van der Waals surface area contributed by atoms with Gasteiger partial charge in [0.2, 0.25) is 0 Å². The Hall–Kier alpha value is -7.44. The van der Waals surface area contributed by atoms with Crippen LogP contribution in [0.2, 0.25) is 0 Å². The number of hydrogen-bond donors (Lipinski definition) is 0. The standard InChI is InChI=1S/2C30H27N3.Fe/c2*1-22-18-23(2)28(24(3)19-22)33-21-32(20-27-16-10-11-17-31-27)29(25-12-6-4-7-13-25)30(33)26-14-8-5-9-15-26;/h2*4-21H,1-3H3;/q2*-2;+4/b2*27-20-;. The molecule has 0 N–H and O–H groups in total. The molecule has 6 aromatic rings. The van der Waals surface area contributed by atoms with Crippen molar-refractivity contribution in [3.05, 3.63) is 298 Å². The maximum absolute atomic E-state index is 4.55. The van der Waals surface area contributed by atoms with Crippen molar-refractivity contribution in [1.29, 1.82) is 0 Å². The van der Waals surface area contributed by atoms with Gasteiger partial charge < -0.3 is 30.2 Å². The number of hydrogen-bond acceptors (Lipinski definition) is 4. The zero-order chi connectivity index (χ0) is 45.6. The molecule has 332 valence electrons. The second-order valence-corrected chi connectivity index (χ2v) is 16.9. The fourth-order valence-electron chi connectivity index (χ4n) is 9.29. The van der Waals surface area contributed by atoms with E-state index in [1.54, 1.807) is 0 Å². The molecule has 10 rings (SSSR count). The predicted molar refractivity (Wildman–Crippen MR) is 277 cm³/mol. The molecule has 67 heavy (non-hydrogen) atoms. The fraction of sp³-hybridized carbons (Fsp3) is 0.100. The Kier molecular flexibility index (Phi) is 14.3. The van der Waals surface area contributed by atoms with Gasteiger partial charge in [-0.2, -0.15) is 12.4 Å². The summed E-state index contributed by atoms with van der Waals surface area (Å²) in [7, 11) is 0. The Morgan fingerprint density at radius 2 is 0.687 bits per heavy atom. The third kappa shape index (κ3) is 10.0. The number of aryl methyl sites for hydroxylation is 6. The Labute approximate surface area is 408 Å². The summed E-state index contributed by atoms with van der Waals surface area (Å²) in [6.45, 7) is 17.5. The first-order valence-corrected chi connectivity index (χ1v) is 22.5. The van der Waals surface area contributed by atoms with E-state index in [9.17, 15) is 0 Å². The van der Waals surface area contributed by atoms with Crippen LogP contribution in [0.1, 0.15) is 55.6 Å². The predicted octanol–water partition coefficient (Wildman–Crippen LogP) is 15.4. The number of allylic oxidation sites excluding steroid dienone is 6. The largest absolute Gasteiger partial charge is 4.00 e. The second-order valence-electron chi connectivity index (χ2n) is 16.9.